The molecule has 0 radical (unpaired) electrons. The maximum Gasteiger partial charge on any atom is 0.234 e. The fourth-order valence-electron chi connectivity index (χ4n) is 0.623. The number of carbonyl (C=O) groups is 1. The van der Waals surface area contributed by atoms with Crippen molar-refractivity contribution in [2.45, 2.75) is 20.3 Å². The van der Waals surface area contributed by atoms with Crippen molar-refractivity contribution in [2.24, 2.45) is 5.73 Å². The number of amides is 1. The highest BCUT2D eigenvalue weighted by Gasteiger charge is 1.95. The Bertz CT molecular complexity index is 220. The monoisotopic (exact) mass is 210 g/mol. The number of rotatable bonds is 5. The van der Waals surface area contributed by atoms with Crippen LogP contribution in [0.15, 0.2) is 37.0 Å². The third-order valence-corrected chi connectivity index (χ3v) is 1.27. The molecule has 1 amide bonds. The molecule has 15 heavy (non-hydrogen) atoms. The van der Waals surface area contributed by atoms with Crippen LogP contribution in [0.2, 0.25) is 0 Å². The molecular weight excluding hydrogens is 188 g/mol. The number of hydrogen-bond donors (Lipinski definition) is 2. The van der Waals surface area contributed by atoms with Crippen LogP contribution in [0.4, 0.5) is 0 Å². The van der Waals surface area contributed by atoms with Crippen molar-refractivity contribution >= 4 is 5.91 Å². The van der Waals surface area contributed by atoms with Crippen LogP contribution in [-0.4, -0.2) is 19.0 Å². The molecule has 86 valence electrons. The van der Waals surface area contributed by atoms with Gasteiger partial charge in [0.25, 0.3) is 0 Å². The van der Waals surface area contributed by atoms with Crippen LogP contribution in [0.1, 0.15) is 20.3 Å². The fourth-order valence-corrected chi connectivity index (χ4v) is 0.623. The van der Waals surface area contributed by atoms with Gasteiger partial charge in [0.05, 0.1) is 6.54 Å². The van der Waals surface area contributed by atoms with Crippen molar-refractivity contribution < 1.29 is 4.79 Å². The number of carbonyl (C=O) groups excluding carboxylic acids is 1. The van der Waals surface area contributed by atoms with Crippen molar-refractivity contribution in [3.05, 3.63) is 37.0 Å². The largest absolute Gasteiger partial charge is 0.351 e. The standard InChI is InChI=1S/C9H14N2O.C3H8/c1-3-5-8(4-2)7-11-9(12)6-10;1-3-2/h3-5H,1-2,6-7,10H2,(H,11,12);3H2,1-2H3/b8-5+;. The van der Waals surface area contributed by atoms with Gasteiger partial charge in [0.2, 0.25) is 5.91 Å². The minimum absolute atomic E-state index is 0.0124. The normalized spacial score (nSPS) is 9.67. The van der Waals surface area contributed by atoms with E-state index in [0.717, 1.165) is 5.57 Å². The van der Waals surface area contributed by atoms with E-state index in [4.69, 9.17) is 5.73 Å². The van der Waals surface area contributed by atoms with Gasteiger partial charge >= 0.3 is 0 Å². The Morgan fingerprint density at radius 1 is 1.40 bits per heavy atom. The number of hydrogen-bond acceptors (Lipinski definition) is 2. The second-order valence-corrected chi connectivity index (χ2v) is 2.87. The Labute approximate surface area is 92.7 Å². The van der Waals surface area contributed by atoms with E-state index in [1.807, 2.05) is 0 Å². The van der Waals surface area contributed by atoms with E-state index in [1.54, 1.807) is 18.2 Å². The van der Waals surface area contributed by atoms with Gasteiger partial charge in [0.15, 0.2) is 0 Å². The maximum absolute atomic E-state index is 10.7. The summed E-state index contributed by atoms with van der Waals surface area (Å²) in [5.41, 5.74) is 6.01. The van der Waals surface area contributed by atoms with E-state index >= 15 is 0 Å². The molecule has 3 nitrogen and oxygen atoms in total. The average Bonchev–Trinajstić information content (AvgIpc) is 2.24. The molecule has 0 spiro atoms. The smallest absolute Gasteiger partial charge is 0.234 e. The first-order valence-corrected chi connectivity index (χ1v) is 5.06. The summed E-state index contributed by atoms with van der Waals surface area (Å²) in [5, 5.41) is 2.62. The zero-order valence-electron chi connectivity index (χ0n) is 9.75. The van der Waals surface area contributed by atoms with Gasteiger partial charge in [-0.1, -0.05) is 51.7 Å². The average molecular weight is 210 g/mol. The van der Waals surface area contributed by atoms with E-state index in [9.17, 15) is 4.79 Å². The molecule has 0 aromatic rings. The molecule has 3 N–H and O–H groups in total. The van der Waals surface area contributed by atoms with Crippen molar-refractivity contribution in [3.63, 3.8) is 0 Å². The third-order valence-electron chi connectivity index (χ3n) is 1.27. The zero-order chi connectivity index (χ0) is 12.1. The van der Waals surface area contributed by atoms with E-state index in [0.29, 0.717) is 6.54 Å². The summed E-state index contributed by atoms with van der Waals surface area (Å²) in [6.07, 6.45) is 6.34. The molecule has 0 atom stereocenters. The topological polar surface area (TPSA) is 55.1 Å². The van der Waals surface area contributed by atoms with Crippen LogP contribution in [0.3, 0.4) is 0 Å². The lowest BCUT2D eigenvalue weighted by molar-refractivity contribution is -0.119. The molecule has 0 saturated heterocycles. The highest BCUT2D eigenvalue weighted by atomic mass is 16.1. The van der Waals surface area contributed by atoms with Gasteiger partial charge in [-0.3, -0.25) is 4.79 Å². The molecule has 3 heteroatoms. The Morgan fingerprint density at radius 3 is 2.27 bits per heavy atom. The summed E-state index contributed by atoms with van der Waals surface area (Å²) in [4.78, 5) is 10.7. The molecule has 0 aliphatic heterocycles. The highest BCUT2D eigenvalue weighted by molar-refractivity contribution is 5.78. The molecule has 0 rings (SSSR count). The van der Waals surface area contributed by atoms with Crippen LogP contribution in [0.25, 0.3) is 0 Å². The van der Waals surface area contributed by atoms with Gasteiger partial charge in [-0.25, -0.2) is 0 Å². The van der Waals surface area contributed by atoms with Crippen molar-refractivity contribution in [2.75, 3.05) is 13.1 Å². The summed E-state index contributed by atoms with van der Waals surface area (Å²) in [5.74, 6) is -0.174. The van der Waals surface area contributed by atoms with Gasteiger partial charge < -0.3 is 11.1 Å². The van der Waals surface area contributed by atoms with Gasteiger partial charge in [-0.05, 0) is 5.57 Å². The number of allylic oxidation sites excluding steroid dienone is 2. The van der Waals surface area contributed by atoms with Gasteiger partial charge in [-0.15, -0.1) is 0 Å². The zero-order valence-corrected chi connectivity index (χ0v) is 9.75. The van der Waals surface area contributed by atoms with E-state index in [-0.39, 0.29) is 12.5 Å². The molecule has 0 heterocycles. The van der Waals surface area contributed by atoms with E-state index < -0.39 is 0 Å². The Hall–Kier alpha value is -1.35. The van der Waals surface area contributed by atoms with Gasteiger partial charge in [0, 0.05) is 6.54 Å². The van der Waals surface area contributed by atoms with Gasteiger partial charge in [-0.2, -0.15) is 0 Å². The molecule has 0 saturated carbocycles. The molecular formula is C12H22N2O. The number of nitrogens with two attached hydrogens (primary N) is 1. The molecule has 0 aromatic heterocycles. The fraction of sp³-hybridized carbons (Fsp3) is 0.417. The first-order valence-electron chi connectivity index (χ1n) is 5.06. The SMILES string of the molecule is C=C/C=C(\C=C)CNC(=O)CN.CCC. The van der Waals surface area contributed by atoms with Gasteiger partial charge in [0.1, 0.15) is 0 Å². The van der Waals surface area contributed by atoms with Crippen molar-refractivity contribution in [3.8, 4) is 0 Å². The summed E-state index contributed by atoms with van der Waals surface area (Å²) in [7, 11) is 0. The van der Waals surface area contributed by atoms with Crippen molar-refractivity contribution in [1.29, 1.82) is 0 Å². The van der Waals surface area contributed by atoms with Crippen LogP contribution >= 0.6 is 0 Å². The summed E-state index contributed by atoms with van der Waals surface area (Å²) in [6, 6.07) is 0. The highest BCUT2D eigenvalue weighted by Crippen LogP contribution is 1.92. The minimum atomic E-state index is -0.174. The minimum Gasteiger partial charge on any atom is -0.351 e. The molecule has 0 aromatic carbocycles. The molecule has 0 aliphatic carbocycles. The molecule has 0 aliphatic rings. The van der Waals surface area contributed by atoms with Crippen LogP contribution in [-0.2, 0) is 4.79 Å². The Morgan fingerprint density at radius 2 is 1.93 bits per heavy atom. The second kappa shape index (κ2) is 12.7. The Balaban J connectivity index is 0. The number of nitrogens with one attached hydrogen (secondary N) is 1. The van der Waals surface area contributed by atoms with Crippen molar-refractivity contribution in [1.82, 2.24) is 5.32 Å². The quantitative estimate of drug-likeness (QED) is 0.680. The van der Waals surface area contributed by atoms with E-state index in [1.165, 1.54) is 6.42 Å². The van der Waals surface area contributed by atoms with Crippen LogP contribution < -0.4 is 11.1 Å². The Kier molecular flexibility index (Phi) is 13.6. The molecule has 0 bridgehead atoms. The van der Waals surface area contributed by atoms with E-state index in [2.05, 4.69) is 32.3 Å². The maximum atomic E-state index is 10.7. The summed E-state index contributed by atoms with van der Waals surface area (Å²) < 4.78 is 0. The van der Waals surface area contributed by atoms with Crippen LogP contribution in [0.5, 0.6) is 0 Å². The lowest BCUT2D eigenvalue weighted by Crippen LogP contribution is -2.31. The molecule has 0 fully saturated rings. The first kappa shape index (κ1) is 16.1. The molecule has 0 unspecified atom stereocenters. The summed E-state index contributed by atoms with van der Waals surface area (Å²) in [6.45, 7) is 11.8. The predicted octanol–water partition coefficient (Wildman–Crippen LogP) is 1.78. The lowest BCUT2D eigenvalue weighted by Gasteiger charge is -2.02. The third kappa shape index (κ3) is 12.6. The second-order valence-electron chi connectivity index (χ2n) is 2.87. The summed E-state index contributed by atoms with van der Waals surface area (Å²) >= 11 is 0. The lowest BCUT2D eigenvalue weighted by atomic mass is 10.2. The van der Waals surface area contributed by atoms with Crippen LogP contribution in [0, 0.1) is 0 Å². The predicted molar refractivity (Wildman–Crippen MR) is 66.5 cm³/mol. The first-order chi connectivity index (χ1) is 7.15.